The van der Waals surface area contributed by atoms with Gasteiger partial charge in [-0.05, 0) is 22.7 Å². The van der Waals surface area contributed by atoms with Crippen LogP contribution in [0.2, 0.25) is 0 Å². The largest absolute Gasteiger partial charge is 0.534 e. The van der Waals surface area contributed by atoms with Gasteiger partial charge in [-0.25, -0.2) is 10.2 Å². The maximum atomic E-state index is 12.0. The molecule has 0 aromatic heterocycles. The second-order valence-corrected chi connectivity index (χ2v) is 7.41. The molecule has 2 rings (SSSR count). The maximum absolute atomic E-state index is 12.0. The molecule has 0 radical (unpaired) electrons. The van der Waals surface area contributed by atoms with Crippen molar-refractivity contribution in [3.8, 4) is 0 Å². The molecule has 0 unspecified atom stereocenters. The first-order chi connectivity index (χ1) is 14.1. The molecule has 1 aliphatic rings. The molecule has 0 aliphatic carbocycles. The van der Waals surface area contributed by atoms with E-state index in [0.29, 0.717) is 21.9 Å². The molecule has 1 aromatic rings. The van der Waals surface area contributed by atoms with Gasteiger partial charge in [0.1, 0.15) is 6.61 Å². The van der Waals surface area contributed by atoms with E-state index in [2.05, 4.69) is 25.7 Å². The molecule has 1 aromatic carbocycles. The van der Waals surface area contributed by atoms with Crippen molar-refractivity contribution in [2.45, 2.75) is 46.8 Å². The molecule has 0 bridgehead atoms. The number of imide groups is 1. The topological polar surface area (TPSA) is 163 Å². The Balaban J connectivity index is 2.02. The first-order valence-corrected chi connectivity index (χ1v) is 9.02. The van der Waals surface area contributed by atoms with Gasteiger partial charge in [-0.3, -0.25) is 24.6 Å². The Morgan fingerprint density at radius 2 is 1.87 bits per heavy atom. The van der Waals surface area contributed by atoms with Crippen molar-refractivity contribution in [3.63, 3.8) is 0 Å². The molecule has 12 nitrogen and oxygen atoms in total. The molecule has 30 heavy (non-hydrogen) atoms. The summed E-state index contributed by atoms with van der Waals surface area (Å²) >= 11 is 0. The number of hydrazine groups is 1. The van der Waals surface area contributed by atoms with Gasteiger partial charge in [-0.2, -0.15) is 0 Å². The molecular formula is C18H22N6O6. The molecule has 3 amide bonds. The average Bonchev–Trinajstić information content (AvgIpc) is 2.98. The molecule has 1 fully saturated rings. The number of carbonyl (C=O) groups is 4. The van der Waals surface area contributed by atoms with E-state index in [4.69, 9.17) is 10.3 Å². The van der Waals surface area contributed by atoms with Crippen LogP contribution in [0.3, 0.4) is 0 Å². The Labute approximate surface area is 172 Å². The monoisotopic (exact) mass is 418 g/mol. The number of hydrogen-bond acceptors (Lipinski definition) is 8. The quantitative estimate of drug-likeness (QED) is 0.171. The fraction of sp³-hybridized carbons (Fsp3) is 0.444. The highest BCUT2D eigenvalue weighted by Crippen LogP contribution is 2.20. The number of azide groups is 1. The van der Waals surface area contributed by atoms with E-state index in [1.54, 1.807) is 32.9 Å². The summed E-state index contributed by atoms with van der Waals surface area (Å²) in [6, 6.07) is 4.66. The SMILES string of the molecule is CC(C)(C)C(=O)NNCc1cc(N=[N+]=[N-])ccc1COC(=O)ON1C(=O)CCC1=O. The van der Waals surface area contributed by atoms with E-state index in [0.717, 1.165) is 0 Å². The minimum absolute atomic E-state index is 0.0247. The molecule has 12 heteroatoms. The normalized spacial score (nSPS) is 13.6. The highest BCUT2D eigenvalue weighted by Gasteiger charge is 2.33. The first kappa shape index (κ1) is 22.7. The van der Waals surface area contributed by atoms with Crippen LogP contribution in [-0.4, -0.2) is 28.9 Å². The van der Waals surface area contributed by atoms with Crippen LogP contribution >= 0.6 is 0 Å². The molecule has 0 atom stereocenters. The zero-order valence-electron chi connectivity index (χ0n) is 16.8. The third-order valence-corrected chi connectivity index (χ3v) is 4.03. The Hall–Kier alpha value is -3.63. The Kier molecular flexibility index (Phi) is 7.34. The Morgan fingerprint density at radius 1 is 1.20 bits per heavy atom. The van der Waals surface area contributed by atoms with Crippen molar-refractivity contribution in [3.05, 3.63) is 39.8 Å². The predicted octanol–water partition coefficient (Wildman–Crippen LogP) is 2.51. The summed E-state index contributed by atoms with van der Waals surface area (Å²) in [5.41, 5.74) is 14.8. The van der Waals surface area contributed by atoms with Gasteiger partial charge < -0.3 is 4.74 Å². The highest BCUT2D eigenvalue weighted by molar-refractivity contribution is 6.01. The zero-order valence-corrected chi connectivity index (χ0v) is 16.8. The van der Waals surface area contributed by atoms with E-state index in [-0.39, 0.29) is 31.9 Å². The fourth-order valence-corrected chi connectivity index (χ4v) is 2.33. The Morgan fingerprint density at radius 3 is 2.47 bits per heavy atom. The van der Waals surface area contributed by atoms with Crippen molar-refractivity contribution in [1.82, 2.24) is 15.9 Å². The van der Waals surface area contributed by atoms with E-state index in [9.17, 15) is 19.2 Å². The number of carbonyl (C=O) groups excluding carboxylic acids is 4. The third kappa shape index (κ3) is 6.19. The average molecular weight is 418 g/mol. The lowest BCUT2D eigenvalue weighted by Gasteiger charge is -2.19. The number of benzene rings is 1. The number of amides is 3. The summed E-state index contributed by atoms with van der Waals surface area (Å²) in [5.74, 6) is -1.46. The summed E-state index contributed by atoms with van der Waals surface area (Å²) in [6.45, 7) is 5.18. The van der Waals surface area contributed by atoms with Crippen molar-refractivity contribution in [2.24, 2.45) is 10.5 Å². The molecule has 1 aliphatic heterocycles. The summed E-state index contributed by atoms with van der Waals surface area (Å²) < 4.78 is 4.98. The molecule has 160 valence electrons. The molecular weight excluding hydrogens is 396 g/mol. The molecule has 1 heterocycles. The van der Waals surface area contributed by atoms with Gasteiger partial charge in [0.2, 0.25) is 5.91 Å². The molecule has 1 saturated heterocycles. The summed E-state index contributed by atoms with van der Waals surface area (Å²) in [7, 11) is 0. The van der Waals surface area contributed by atoms with Gasteiger partial charge in [0.25, 0.3) is 11.8 Å². The summed E-state index contributed by atoms with van der Waals surface area (Å²) in [6.07, 6.45) is -1.26. The van der Waals surface area contributed by atoms with Crippen LogP contribution in [0.25, 0.3) is 10.4 Å². The van der Waals surface area contributed by atoms with E-state index in [1.807, 2.05) is 0 Å². The first-order valence-electron chi connectivity index (χ1n) is 9.02. The molecule has 2 N–H and O–H groups in total. The predicted molar refractivity (Wildman–Crippen MR) is 102 cm³/mol. The van der Waals surface area contributed by atoms with Gasteiger partial charge in [-0.1, -0.05) is 43.1 Å². The van der Waals surface area contributed by atoms with Gasteiger partial charge in [0.05, 0.1) is 0 Å². The minimum Gasteiger partial charge on any atom is -0.428 e. The second kappa shape index (κ2) is 9.72. The maximum Gasteiger partial charge on any atom is 0.534 e. The number of ether oxygens (including phenoxy) is 1. The van der Waals surface area contributed by atoms with Crippen LogP contribution in [0.15, 0.2) is 23.3 Å². The Bertz CT molecular complexity index is 887. The van der Waals surface area contributed by atoms with Crippen molar-refractivity contribution >= 4 is 29.6 Å². The second-order valence-electron chi connectivity index (χ2n) is 7.41. The zero-order chi connectivity index (χ0) is 22.3. The minimum atomic E-state index is -1.21. The van der Waals surface area contributed by atoms with Crippen LogP contribution in [0, 0.1) is 5.41 Å². The summed E-state index contributed by atoms with van der Waals surface area (Å²) in [4.78, 5) is 54.1. The van der Waals surface area contributed by atoms with Crippen molar-refractivity contribution in [2.75, 3.05) is 0 Å². The number of nitrogens with one attached hydrogen (secondary N) is 2. The number of nitrogens with zero attached hydrogens (tertiary/aromatic N) is 4. The molecule has 0 saturated carbocycles. The number of rotatable bonds is 7. The third-order valence-electron chi connectivity index (χ3n) is 4.03. The van der Waals surface area contributed by atoms with Crippen molar-refractivity contribution in [1.29, 1.82) is 0 Å². The lowest BCUT2D eigenvalue weighted by Crippen LogP contribution is -2.43. The van der Waals surface area contributed by atoms with E-state index in [1.165, 1.54) is 6.07 Å². The summed E-state index contributed by atoms with van der Waals surface area (Å²) in [5, 5.41) is 3.91. The number of hydroxylamine groups is 2. The van der Waals surface area contributed by atoms with Crippen molar-refractivity contribution < 1.29 is 28.8 Å². The lowest BCUT2D eigenvalue weighted by molar-refractivity contribution is -0.177. The highest BCUT2D eigenvalue weighted by atomic mass is 16.8. The van der Waals surface area contributed by atoms with Gasteiger partial charge >= 0.3 is 6.16 Å². The van der Waals surface area contributed by atoms with Gasteiger partial charge in [-0.15, -0.1) is 0 Å². The van der Waals surface area contributed by atoms with Gasteiger partial charge in [0, 0.05) is 35.4 Å². The van der Waals surface area contributed by atoms with E-state index < -0.39 is 23.4 Å². The van der Waals surface area contributed by atoms with E-state index >= 15 is 0 Å². The standard InChI is InChI=1S/C18H22N6O6/c1-18(2,3)16(27)22-20-9-12-8-13(21-23-19)5-4-11(12)10-29-17(28)30-24-14(25)6-7-15(24)26/h4-5,8,20H,6-7,9-10H2,1-3H3,(H,22,27). The molecule has 0 spiro atoms. The van der Waals surface area contributed by atoms with Crippen LogP contribution in [0.5, 0.6) is 0 Å². The van der Waals surface area contributed by atoms with Crippen LogP contribution < -0.4 is 10.9 Å². The fourth-order valence-electron chi connectivity index (χ4n) is 2.33. The van der Waals surface area contributed by atoms with Crippen LogP contribution in [0.1, 0.15) is 44.7 Å². The van der Waals surface area contributed by atoms with Gasteiger partial charge in [0.15, 0.2) is 0 Å². The van der Waals surface area contributed by atoms with Crippen LogP contribution in [0.4, 0.5) is 10.5 Å². The number of hydrogen-bond donors (Lipinski definition) is 2. The van der Waals surface area contributed by atoms with Crippen LogP contribution in [-0.2, 0) is 37.1 Å². The lowest BCUT2D eigenvalue weighted by atomic mass is 9.96. The smallest absolute Gasteiger partial charge is 0.428 e.